The summed E-state index contributed by atoms with van der Waals surface area (Å²) in [6.07, 6.45) is 0. The van der Waals surface area contributed by atoms with Crippen LogP contribution in [-0.2, 0) is 0 Å². The van der Waals surface area contributed by atoms with Crippen LogP contribution in [0.2, 0.25) is 0 Å². The van der Waals surface area contributed by atoms with Crippen molar-refractivity contribution in [2.24, 2.45) is 0 Å². The molecule has 6 heteroatoms. The molecule has 1 rings (SSSR count). The average Bonchev–Trinajstić information content (AvgIpc) is 2.47. The Balaban J connectivity index is 2.84. The number of anilines is 1. The van der Waals surface area contributed by atoms with E-state index in [1.807, 2.05) is 0 Å². The first-order valence-electron chi connectivity index (χ1n) is 4.52. The number of aromatic nitrogens is 1. The molecule has 0 unspecified atom stereocenters. The van der Waals surface area contributed by atoms with Crippen molar-refractivity contribution in [2.75, 3.05) is 11.9 Å². The molecule has 0 bridgehead atoms. The van der Waals surface area contributed by atoms with Gasteiger partial charge >= 0.3 is 12.0 Å². The SMILES string of the molecule is CCNC(=O)Nc1cc(C)[nH]c1C(=O)O. The number of hydrogen-bond acceptors (Lipinski definition) is 2. The number of aryl methyl sites for hydroxylation is 1. The summed E-state index contributed by atoms with van der Waals surface area (Å²) in [6.45, 7) is 3.98. The van der Waals surface area contributed by atoms with Gasteiger partial charge in [-0.2, -0.15) is 0 Å². The van der Waals surface area contributed by atoms with Crippen molar-refractivity contribution >= 4 is 17.7 Å². The molecule has 1 aromatic heterocycles. The average molecular weight is 211 g/mol. The van der Waals surface area contributed by atoms with Crippen LogP contribution in [0.25, 0.3) is 0 Å². The molecular formula is C9H13N3O3. The minimum Gasteiger partial charge on any atom is -0.477 e. The molecule has 0 fully saturated rings. The number of H-pyrrole nitrogens is 1. The Labute approximate surface area is 86.7 Å². The van der Waals surface area contributed by atoms with E-state index in [0.717, 1.165) is 0 Å². The fourth-order valence-electron chi connectivity index (χ4n) is 1.18. The van der Waals surface area contributed by atoms with E-state index in [0.29, 0.717) is 12.2 Å². The van der Waals surface area contributed by atoms with Crippen molar-refractivity contribution in [3.05, 3.63) is 17.5 Å². The third-order valence-corrected chi connectivity index (χ3v) is 1.75. The van der Waals surface area contributed by atoms with E-state index in [1.54, 1.807) is 19.9 Å². The number of nitrogens with one attached hydrogen (secondary N) is 3. The summed E-state index contributed by atoms with van der Waals surface area (Å²) < 4.78 is 0. The monoisotopic (exact) mass is 211 g/mol. The molecular weight excluding hydrogens is 198 g/mol. The molecule has 6 nitrogen and oxygen atoms in total. The second-order valence-electron chi connectivity index (χ2n) is 3.03. The molecule has 4 N–H and O–H groups in total. The predicted molar refractivity (Wildman–Crippen MR) is 55.2 cm³/mol. The second-order valence-corrected chi connectivity index (χ2v) is 3.03. The highest BCUT2D eigenvalue weighted by atomic mass is 16.4. The van der Waals surface area contributed by atoms with Gasteiger partial charge in [0.05, 0.1) is 5.69 Å². The quantitative estimate of drug-likeness (QED) is 0.604. The van der Waals surface area contributed by atoms with Crippen molar-refractivity contribution in [2.45, 2.75) is 13.8 Å². The summed E-state index contributed by atoms with van der Waals surface area (Å²) in [5.74, 6) is -1.10. The molecule has 0 aliphatic rings. The molecule has 1 aromatic rings. The largest absolute Gasteiger partial charge is 0.477 e. The standard InChI is InChI=1S/C9H13N3O3/c1-3-10-9(15)12-6-4-5(2)11-7(6)8(13)14/h4,11H,3H2,1-2H3,(H,13,14)(H2,10,12,15). The van der Waals surface area contributed by atoms with Crippen LogP contribution >= 0.6 is 0 Å². The van der Waals surface area contributed by atoms with Gasteiger partial charge in [-0.3, -0.25) is 0 Å². The first-order valence-corrected chi connectivity index (χ1v) is 4.52. The maximum absolute atomic E-state index is 11.2. The zero-order valence-electron chi connectivity index (χ0n) is 8.55. The van der Waals surface area contributed by atoms with Gasteiger partial charge in [-0.15, -0.1) is 0 Å². The topological polar surface area (TPSA) is 94.2 Å². The van der Waals surface area contributed by atoms with Crippen molar-refractivity contribution in [3.8, 4) is 0 Å². The number of urea groups is 1. The zero-order chi connectivity index (χ0) is 11.4. The lowest BCUT2D eigenvalue weighted by Gasteiger charge is -2.04. The van der Waals surface area contributed by atoms with Gasteiger partial charge in [0.15, 0.2) is 0 Å². The first kappa shape index (κ1) is 11.1. The highest BCUT2D eigenvalue weighted by molar-refractivity contribution is 5.99. The fraction of sp³-hybridized carbons (Fsp3) is 0.333. The maximum atomic E-state index is 11.2. The van der Waals surface area contributed by atoms with Gasteiger partial charge in [-0.25, -0.2) is 9.59 Å². The van der Waals surface area contributed by atoms with Crippen molar-refractivity contribution in [1.29, 1.82) is 0 Å². The van der Waals surface area contributed by atoms with E-state index in [1.165, 1.54) is 0 Å². The van der Waals surface area contributed by atoms with Gasteiger partial charge < -0.3 is 20.7 Å². The number of aromatic carboxylic acids is 1. The summed E-state index contributed by atoms with van der Waals surface area (Å²) in [5, 5.41) is 13.8. The van der Waals surface area contributed by atoms with Gasteiger partial charge in [0.1, 0.15) is 5.69 Å². The number of aromatic amines is 1. The van der Waals surface area contributed by atoms with Crippen molar-refractivity contribution in [3.63, 3.8) is 0 Å². The molecule has 15 heavy (non-hydrogen) atoms. The van der Waals surface area contributed by atoms with Crippen LogP contribution in [0.5, 0.6) is 0 Å². The van der Waals surface area contributed by atoms with E-state index in [9.17, 15) is 9.59 Å². The van der Waals surface area contributed by atoms with E-state index >= 15 is 0 Å². The Morgan fingerprint density at radius 2 is 2.20 bits per heavy atom. The van der Waals surface area contributed by atoms with Crippen LogP contribution in [0.15, 0.2) is 6.07 Å². The lowest BCUT2D eigenvalue weighted by Crippen LogP contribution is -2.28. The molecule has 1 heterocycles. The molecule has 82 valence electrons. The highest BCUT2D eigenvalue weighted by Gasteiger charge is 2.14. The smallest absolute Gasteiger partial charge is 0.354 e. The molecule has 0 saturated heterocycles. The third kappa shape index (κ3) is 2.73. The molecule has 0 aliphatic heterocycles. The third-order valence-electron chi connectivity index (χ3n) is 1.75. The van der Waals surface area contributed by atoms with Gasteiger partial charge in [0.25, 0.3) is 0 Å². The normalized spacial score (nSPS) is 9.73. The van der Waals surface area contributed by atoms with Gasteiger partial charge in [0.2, 0.25) is 0 Å². The summed E-state index contributed by atoms with van der Waals surface area (Å²) in [6, 6.07) is 1.15. The number of hydrogen-bond donors (Lipinski definition) is 4. The summed E-state index contributed by atoms with van der Waals surface area (Å²) >= 11 is 0. The van der Waals surface area contributed by atoms with Crippen molar-refractivity contribution in [1.82, 2.24) is 10.3 Å². The van der Waals surface area contributed by atoms with Gasteiger partial charge in [-0.1, -0.05) is 0 Å². The zero-order valence-corrected chi connectivity index (χ0v) is 8.55. The molecule has 0 aromatic carbocycles. The van der Waals surface area contributed by atoms with Crippen LogP contribution < -0.4 is 10.6 Å². The molecule has 0 atom stereocenters. The summed E-state index contributed by atoms with van der Waals surface area (Å²) in [5.41, 5.74) is 0.934. The molecule has 0 saturated carbocycles. The molecule has 0 spiro atoms. The Morgan fingerprint density at radius 3 is 2.73 bits per heavy atom. The summed E-state index contributed by atoms with van der Waals surface area (Å²) in [4.78, 5) is 24.6. The van der Waals surface area contributed by atoms with Gasteiger partial charge in [-0.05, 0) is 19.9 Å². The number of carbonyl (C=O) groups excluding carboxylic acids is 1. The van der Waals surface area contributed by atoms with E-state index < -0.39 is 12.0 Å². The van der Waals surface area contributed by atoms with E-state index in [2.05, 4.69) is 15.6 Å². The van der Waals surface area contributed by atoms with E-state index in [-0.39, 0.29) is 11.4 Å². The number of carbonyl (C=O) groups is 2. The van der Waals surface area contributed by atoms with Crippen LogP contribution in [-0.4, -0.2) is 28.6 Å². The lowest BCUT2D eigenvalue weighted by atomic mass is 10.3. The number of rotatable bonds is 3. The van der Waals surface area contributed by atoms with Crippen LogP contribution in [0.4, 0.5) is 10.5 Å². The van der Waals surface area contributed by atoms with Crippen LogP contribution in [0.1, 0.15) is 23.1 Å². The highest BCUT2D eigenvalue weighted by Crippen LogP contribution is 2.16. The minimum atomic E-state index is -1.10. The summed E-state index contributed by atoms with van der Waals surface area (Å²) in [7, 11) is 0. The minimum absolute atomic E-state index is 0.0150. The van der Waals surface area contributed by atoms with Crippen LogP contribution in [0, 0.1) is 6.92 Å². The molecule has 2 amide bonds. The Kier molecular flexibility index (Phi) is 3.33. The van der Waals surface area contributed by atoms with Gasteiger partial charge in [0, 0.05) is 12.2 Å². The predicted octanol–water partition coefficient (Wildman–Crippen LogP) is 1.16. The number of carboxylic acid groups (broad SMARTS) is 1. The number of amides is 2. The fourth-order valence-corrected chi connectivity index (χ4v) is 1.18. The maximum Gasteiger partial charge on any atom is 0.354 e. The number of carboxylic acids is 1. The molecule has 0 radical (unpaired) electrons. The Hall–Kier alpha value is -1.98. The van der Waals surface area contributed by atoms with Crippen LogP contribution in [0.3, 0.4) is 0 Å². The molecule has 0 aliphatic carbocycles. The second kappa shape index (κ2) is 4.50. The lowest BCUT2D eigenvalue weighted by molar-refractivity contribution is 0.0692. The van der Waals surface area contributed by atoms with E-state index in [4.69, 9.17) is 5.11 Å². The Morgan fingerprint density at radius 1 is 1.53 bits per heavy atom. The first-order chi connectivity index (χ1) is 7.04. The Bertz CT molecular complexity index is 384. The van der Waals surface area contributed by atoms with Crippen molar-refractivity contribution < 1.29 is 14.7 Å².